The molecule has 0 saturated carbocycles. The Bertz CT molecular complexity index is 801. The highest BCUT2D eigenvalue weighted by Gasteiger charge is 2.78. The van der Waals surface area contributed by atoms with Crippen molar-refractivity contribution >= 4 is 35.6 Å². The molecule has 1 rings (SSSR count). The highest BCUT2D eigenvalue weighted by molar-refractivity contribution is 6.26. The molecule has 0 aromatic heterocycles. The molecule has 0 spiro atoms. The molecule has 0 aromatic rings. The third-order valence-corrected chi connectivity index (χ3v) is 4.35. The van der Waals surface area contributed by atoms with Crippen LogP contribution in [0.15, 0.2) is 0 Å². The van der Waals surface area contributed by atoms with Gasteiger partial charge in [0.05, 0.1) is 24.4 Å². The van der Waals surface area contributed by atoms with Crippen LogP contribution in [0.5, 0.6) is 0 Å². The van der Waals surface area contributed by atoms with Crippen LogP contribution in [0.1, 0.15) is 62.3 Å². The number of ketones is 1. The van der Waals surface area contributed by atoms with E-state index in [-0.39, 0.29) is 4.90 Å². The van der Waals surface area contributed by atoms with Crippen LogP contribution < -0.4 is 0 Å². The molecule has 1 amide bonds. The normalized spacial score (nSPS) is 17.0. The van der Waals surface area contributed by atoms with Crippen molar-refractivity contribution in [1.82, 2.24) is 4.90 Å². The van der Waals surface area contributed by atoms with Gasteiger partial charge in [-0.3, -0.25) is 24.3 Å². The van der Waals surface area contributed by atoms with E-state index in [0.717, 1.165) is 6.92 Å². The standard InChI is InChI=1S/C22H33NO12/c1-10(2)30-18(26)16(19(27)31-11(3)4)23-17(25)15(14(9)24)22(23,20(28)34-32-12(5)6)21(29)35-33-13(7)8/h10-13,15-16H,1-9H3. The molecule has 35 heavy (non-hydrogen) atoms. The number of likely N-dealkylation sites (tertiary alicyclic amines) is 1. The van der Waals surface area contributed by atoms with Crippen molar-refractivity contribution in [2.75, 3.05) is 0 Å². The first-order valence-corrected chi connectivity index (χ1v) is 11.1. The highest BCUT2D eigenvalue weighted by atomic mass is 17.2. The molecule has 13 nitrogen and oxygen atoms in total. The lowest BCUT2D eigenvalue weighted by Gasteiger charge is -2.52. The second kappa shape index (κ2) is 12.1. The minimum Gasteiger partial charge on any atom is -0.461 e. The van der Waals surface area contributed by atoms with E-state index < -0.39 is 77.5 Å². The molecular formula is C22H33NO12. The van der Waals surface area contributed by atoms with Crippen LogP contribution in [0.4, 0.5) is 0 Å². The summed E-state index contributed by atoms with van der Waals surface area (Å²) in [7, 11) is 0. The quantitative estimate of drug-likeness (QED) is 0.121. The van der Waals surface area contributed by atoms with Gasteiger partial charge in [0.1, 0.15) is 11.7 Å². The van der Waals surface area contributed by atoms with E-state index in [1.54, 1.807) is 0 Å². The molecule has 0 radical (unpaired) electrons. The molecule has 1 fully saturated rings. The average molecular weight is 504 g/mol. The Labute approximate surface area is 203 Å². The molecule has 1 saturated heterocycles. The van der Waals surface area contributed by atoms with Crippen LogP contribution in [0.25, 0.3) is 0 Å². The average Bonchev–Trinajstić information content (AvgIpc) is 2.69. The number of Topliss-reactive ketones (excluding diaryl/α,β-unsaturated/α-hetero) is 1. The first-order valence-electron chi connectivity index (χ1n) is 11.1. The van der Waals surface area contributed by atoms with Gasteiger partial charge in [-0.1, -0.05) is 0 Å². The smallest absolute Gasteiger partial charge is 0.380 e. The van der Waals surface area contributed by atoms with Gasteiger partial charge in [0.25, 0.3) is 5.54 Å². The Kier molecular flexibility index (Phi) is 10.3. The molecule has 198 valence electrons. The summed E-state index contributed by atoms with van der Waals surface area (Å²) in [6, 6.07) is -2.25. The van der Waals surface area contributed by atoms with Gasteiger partial charge in [0.2, 0.25) is 11.9 Å². The summed E-state index contributed by atoms with van der Waals surface area (Å²) in [5.74, 6) is -9.92. The second-order valence-corrected chi connectivity index (χ2v) is 8.92. The highest BCUT2D eigenvalue weighted by Crippen LogP contribution is 2.44. The maximum Gasteiger partial charge on any atom is 0.380 e. The number of esters is 2. The second-order valence-electron chi connectivity index (χ2n) is 8.92. The lowest BCUT2D eigenvalue weighted by Crippen LogP contribution is -2.83. The van der Waals surface area contributed by atoms with Crippen molar-refractivity contribution in [3.8, 4) is 0 Å². The molecule has 0 aromatic carbocycles. The third kappa shape index (κ3) is 6.54. The van der Waals surface area contributed by atoms with Gasteiger partial charge in [-0.2, -0.15) is 9.78 Å². The van der Waals surface area contributed by atoms with Crippen molar-refractivity contribution in [3.05, 3.63) is 0 Å². The molecule has 0 bridgehead atoms. The van der Waals surface area contributed by atoms with Gasteiger partial charge in [-0.05, 0) is 62.3 Å². The molecule has 0 N–H and O–H groups in total. The number of ether oxygens (including phenoxy) is 2. The number of hydrogen-bond donors (Lipinski definition) is 0. The molecule has 1 heterocycles. The van der Waals surface area contributed by atoms with Gasteiger partial charge >= 0.3 is 23.9 Å². The van der Waals surface area contributed by atoms with Gasteiger partial charge in [0, 0.05) is 0 Å². The zero-order valence-corrected chi connectivity index (χ0v) is 21.3. The molecule has 1 aliphatic heterocycles. The predicted octanol–water partition coefficient (Wildman–Crippen LogP) is 0.811. The van der Waals surface area contributed by atoms with Crippen LogP contribution in [0.3, 0.4) is 0 Å². The molecule has 0 aliphatic carbocycles. The minimum absolute atomic E-state index is 0.270. The first-order chi connectivity index (χ1) is 16.1. The first kappa shape index (κ1) is 30.0. The molecular weight excluding hydrogens is 470 g/mol. The molecule has 13 heteroatoms. The SMILES string of the molecule is CC(=O)C1C(=O)N(C(C(=O)OC(C)C)C(=O)OC(C)C)C1(C(=O)OOC(C)C)C(=O)OOC(C)C. The van der Waals surface area contributed by atoms with Gasteiger partial charge in [-0.15, -0.1) is 0 Å². The summed E-state index contributed by atoms with van der Waals surface area (Å²) in [6.45, 7) is 12.8. The Balaban J connectivity index is 3.77. The van der Waals surface area contributed by atoms with E-state index in [4.69, 9.17) is 29.0 Å². The van der Waals surface area contributed by atoms with Crippen molar-refractivity contribution in [2.45, 2.75) is 98.3 Å². The Hall–Kier alpha value is -3.06. The summed E-state index contributed by atoms with van der Waals surface area (Å²) < 4.78 is 10.2. The maximum atomic E-state index is 13.2. The Morgan fingerprint density at radius 2 is 1.09 bits per heavy atom. The fraction of sp³-hybridized carbons (Fsp3) is 0.727. The van der Waals surface area contributed by atoms with Gasteiger partial charge in [0.15, 0.2) is 0 Å². The number of carbonyl (C=O) groups is 6. The fourth-order valence-electron chi connectivity index (χ4n) is 3.19. The van der Waals surface area contributed by atoms with E-state index in [1.807, 2.05) is 0 Å². The van der Waals surface area contributed by atoms with E-state index in [0.29, 0.717) is 0 Å². The Morgan fingerprint density at radius 1 is 0.714 bits per heavy atom. The summed E-state index contributed by atoms with van der Waals surface area (Å²) in [5.41, 5.74) is -2.94. The number of amides is 1. The molecule has 1 aliphatic rings. The number of carbonyl (C=O) groups excluding carboxylic acids is 6. The predicted molar refractivity (Wildman–Crippen MR) is 115 cm³/mol. The monoisotopic (exact) mass is 503 g/mol. The topological polar surface area (TPSA) is 161 Å². The maximum absolute atomic E-state index is 13.2. The zero-order chi connectivity index (χ0) is 27.2. The molecule has 1 atom stereocenters. The van der Waals surface area contributed by atoms with Crippen molar-refractivity contribution in [2.24, 2.45) is 5.92 Å². The number of rotatable bonds is 12. The van der Waals surface area contributed by atoms with E-state index >= 15 is 0 Å². The number of nitrogens with zero attached hydrogens (tertiary/aromatic N) is 1. The molecule has 1 unspecified atom stereocenters. The van der Waals surface area contributed by atoms with Crippen LogP contribution in [0, 0.1) is 5.92 Å². The Morgan fingerprint density at radius 3 is 1.37 bits per heavy atom. The van der Waals surface area contributed by atoms with Crippen LogP contribution in [0.2, 0.25) is 0 Å². The summed E-state index contributed by atoms with van der Waals surface area (Å²) >= 11 is 0. The van der Waals surface area contributed by atoms with Gasteiger partial charge in [-0.25, -0.2) is 19.2 Å². The van der Waals surface area contributed by atoms with Gasteiger partial charge < -0.3 is 9.47 Å². The van der Waals surface area contributed by atoms with Crippen molar-refractivity contribution in [3.63, 3.8) is 0 Å². The number of β-lactam (4-membered cyclic amide) rings is 1. The van der Waals surface area contributed by atoms with E-state index in [1.165, 1.54) is 55.4 Å². The summed E-state index contributed by atoms with van der Waals surface area (Å²) in [5, 5.41) is 0. The lowest BCUT2D eigenvalue weighted by molar-refractivity contribution is -0.320. The summed E-state index contributed by atoms with van der Waals surface area (Å²) in [6.07, 6.45) is -2.88. The fourth-order valence-corrected chi connectivity index (χ4v) is 3.19. The lowest BCUT2D eigenvalue weighted by atomic mass is 9.69. The zero-order valence-electron chi connectivity index (χ0n) is 21.3. The summed E-state index contributed by atoms with van der Waals surface area (Å²) in [4.78, 5) is 97.3. The van der Waals surface area contributed by atoms with Crippen molar-refractivity contribution in [1.29, 1.82) is 0 Å². The number of hydrogen-bond acceptors (Lipinski definition) is 12. The van der Waals surface area contributed by atoms with Crippen molar-refractivity contribution < 1.29 is 57.8 Å². The van der Waals surface area contributed by atoms with Crippen LogP contribution in [-0.4, -0.2) is 76.5 Å². The van der Waals surface area contributed by atoms with E-state index in [2.05, 4.69) is 0 Å². The van der Waals surface area contributed by atoms with Crippen LogP contribution in [-0.2, 0) is 57.8 Å². The van der Waals surface area contributed by atoms with Crippen LogP contribution >= 0.6 is 0 Å². The minimum atomic E-state index is -2.94. The third-order valence-electron chi connectivity index (χ3n) is 4.35. The van der Waals surface area contributed by atoms with E-state index in [9.17, 15) is 28.8 Å². The largest absolute Gasteiger partial charge is 0.461 e.